The first-order chi connectivity index (χ1) is 8.40. The first-order valence-corrected chi connectivity index (χ1v) is 7.48. The zero-order chi connectivity index (χ0) is 13.3. The SMILES string of the molecule is NC(=S)c1cc(CN2CCCS2(=O)=O)ccc1F. The van der Waals surface area contributed by atoms with Crippen LogP contribution in [0.5, 0.6) is 0 Å². The molecule has 0 spiro atoms. The van der Waals surface area contributed by atoms with Gasteiger partial charge in [-0.25, -0.2) is 12.8 Å². The molecule has 1 fully saturated rings. The molecule has 18 heavy (non-hydrogen) atoms. The maximum atomic E-state index is 13.4. The second-order valence-corrected chi connectivity index (χ2v) is 6.71. The van der Waals surface area contributed by atoms with E-state index in [-0.39, 0.29) is 22.8 Å². The summed E-state index contributed by atoms with van der Waals surface area (Å²) >= 11 is 4.74. The number of nitrogens with two attached hydrogens (primary N) is 1. The van der Waals surface area contributed by atoms with Gasteiger partial charge >= 0.3 is 0 Å². The second-order valence-electron chi connectivity index (χ2n) is 4.18. The summed E-state index contributed by atoms with van der Waals surface area (Å²) in [6.45, 7) is 0.736. The molecule has 1 aliphatic heterocycles. The molecule has 0 unspecified atom stereocenters. The number of halogens is 1. The summed E-state index contributed by atoms with van der Waals surface area (Å²) in [6, 6.07) is 4.31. The van der Waals surface area contributed by atoms with Crippen LogP contribution in [-0.4, -0.2) is 30.0 Å². The highest BCUT2D eigenvalue weighted by Gasteiger charge is 2.28. The molecule has 0 saturated carbocycles. The molecule has 0 radical (unpaired) electrons. The van der Waals surface area contributed by atoms with Gasteiger partial charge in [-0.2, -0.15) is 4.31 Å². The highest BCUT2D eigenvalue weighted by Crippen LogP contribution is 2.19. The number of hydrogen-bond donors (Lipinski definition) is 1. The van der Waals surface area contributed by atoms with Gasteiger partial charge in [0.25, 0.3) is 0 Å². The van der Waals surface area contributed by atoms with Crippen molar-refractivity contribution < 1.29 is 12.8 Å². The Morgan fingerprint density at radius 2 is 2.22 bits per heavy atom. The van der Waals surface area contributed by atoms with E-state index in [1.807, 2.05) is 0 Å². The zero-order valence-corrected chi connectivity index (χ0v) is 11.2. The fraction of sp³-hybridized carbons (Fsp3) is 0.364. The number of hydrogen-bond acceptors (Lipinski definition) is 3. The van der Waals surface area contributed by atoms with Crippen LogP contribution in [0.4, 0.5) is 4.39 Å². The normalized spacial score (nSPS) is 18.9. The van der Waals surface area contributed by atoms with Crippen LogP contribution in [0, 0.1) is 5.82 Å². The Hall–Kier alpha value is -1.05. The average molecular weight is 288 g/mol. The lowest BCUT2D eigenvalue weighted by Crippen LogP contribution is -2.25. The van der Waals surface area contributed by atoms with Crippen molar-refractivity contribution in [3.05, 3.63) is 35.1 Å². The predicted molar refractivity (Wildman–Crippen MR) is 71.1 cm³/mol. The standard InChI is InChI=1S/C11H13FN2O2S2/c12-10-3-2-8(6-9(10)11(13)17)7-14-4-1-5-18(14,15)16/h2-3,6H,1,4-5,7H2,(H2,13,17). The molecule has 7 heteroatoms. The van der Waals surface area contributed by atoms with E-state index in [4.69, 9.17) is 18.0 Å². The van der Waals surface area contributed by atoms with Gasteiger partial charge in [-0.1, -0.05) is 18.3 Å². The van der Waals surface area contributed by atoms with E-state index in [1.54, 1.807) is 6.07 Å². The molecule has 0 aromatic heterocycles. The lowest BCUT2D eigenvalue weighted by atomic mass is 10.1. The van der Waals surface area contributed by atoms with Gasteiger partial charge in [0.05, 0.1) is 5.75 Å². The molecule has 1 aliphatic rings. The molecule has 2 rings (SSSR count). The molecule has 0 atom stereocenters. The van der Waals surface area contributed by atoms with Gasteiger partial charge in [0.2, 0.25) is 10.0 Å². The van der Waals surface area contributed by atoms with E-state index < -0.39 is 15.8 Å². The second kappa shape index (κ2) is 4.91. The van der Waals surface area contributed by atoms with E-state index in [9.17, 15) is 12.8 Å². The van der Waals surface area contributed by atoms with Crippen molar-refractivity contribution >= 4 is 27.2 Å². The minimum absolute atomic E-state index is 0.0290. The quantitative estimate of drug-likeness (QED) is 0.843. The molecule has 0 aliphatic carbocycles. The summed E-state index contributed by atoms with van der Waals surface area (Å²) in [7, 11) is -3.15. The van der Waals surface area contributed by atoms with Crippen molar-refractivity contribution in [2.75, 3.05) is 12.3 Å². The highest BCUT2D eigenvalue weighted by atomic mass is 32.2. The van der Waals surface area contributed by atoms with Crippen LogP contribution in [0.1, 0.15) is 17.5 Å². The Balaban J connectivity index is 2.25. The van der Waals surface area contributed by atoms with Gasteiger partial charge in [0.15, 0.2) is 0 Å². The minimum Gasteiger partial charge on any atom is -0.389 e. The third-order valence-electron chi connectivity index (χ3n) is 2.86. The van der Waals surface area contributed by atoms with Gasteiger partial charge in [-0.15, -0.1) is 0 Å². The number of sulfonamides is 1. The van der Waals surface area contributed by atoms with Crippen molar-refractivity contribution in [1.82, 2.24) is 4.31 Å². The Bertz CT molecular complexity index is 587. The molecule has 4 nitrogen and oxygen atoms in total. The van der Waals surface area contributed by atoms with Crippen LogP contribution >= 0.6 is 12.2 Å². The van der Waals surface area contributed by atoms with Crippen LogP contribution in [0.3, 0.4) is 0 Å². The number of thiocarbonyl (C=S) groups is 1. The summed E-state index contributed by atoms with van der Waals surface area (Å²) in [5.74, 6) is -0.313. The van der Waals surface area contributed by atoms with Gasteiger partial charge in [-0.3, -0.25) is 0 Å². The van der Waals surface area contributed by atoms with E-state index in [0.717, 1.165) is 0 Å². The van der Waals surface area contributed by atoms with Crippen LogP contribution in [0.15, 0.2) is 18.2 Å². The smallest absolute Gasteiger partial charge is 0.214 e. The van der Waals surface area contributed by atoms with Gasteiger partial charge in [0, 0.05) is 18.7 Å². The van der Waals surface area contributed by atoms with Crippen molar-refractivity contribution in [2.24, 2.45) is 5.73 Å². The van der Waals surface area contributed by atoms with E-state index in [2.05, 4.69) is 0 Å². The maximum absolute atomic E-state index is 13.4. The molecule has 1 heterocycles. The van der Waals surface area contributed by atoms with Crippen LogP contribution < -0.4 is 5.73 Å². The number of benzene rings is 1. The molecule has 98 valence electrons. The Morgan fingerprint density at radius 3 is 2.78 bits per heavy atom. The van der Waals surface area contributed by atoms with Crippen molar-refractivity contribution in [2.45, 2.75) is 13.0 Å². The van der Waals surface area contributed by atoms with Gasteiger partial charge in [0.1, 0.15) is 10.8 Å². The summed E-state index contributed by atoms with van der Waals surface area (Å²) in [6.07, 6.45) is 0.631. The molecule has 1 aromatic carbocycles. The Kier molecular flexibility index (Phi) is 3.65. The minimum atomic E-state index is -3.15. The Morgan fingerprint density at radius 1 is 1.50 bits per heavy atom. The van der Waals surface area contributed by atoms with E-state index in [0.29, 0.717) is 18.5 Å². The molecule has 1 aromatic rings. The lowest BCUT2D eigenvalue weighted by molar-refractivity contribution is 0.439. The molecule has 0 bridgehead atoms. The average Bonchev–Trinajstić information content (AvgIpc) is 2.60. The topological polar surface area (TPSA) is 63.4 Å². The fourth-order valence-corrected chi connectivity index (χ4v) is 3.59. The van der Waals surface area contributed by atoms with Crippen molar-refractivity contribution in [1.29, 1.82) is 0 Å². The highest BCUT2D eigenvalue weighted by molar-refractivity contribution is 7.89. The molecule has 1 saturated heterocycles. The van der Waals surface area contributed by atoms with Crippen LogP contribution in [0.2, 0.25) is 0 Å². The lowest BCUT2D eigenvalue weighted by Gasteiger charge is -2.14. The monoisotopic (exact) mass is 288 g/mol. The predicted octanol–water partition coefficient (Wildman–Crippen LogP) is 0.995. The zero-order valence-electron chi connectivity index (χ0n) is 9.60. The largest absolute Gasteiger partial charge is 0.389 e. The summed E-state index contributed by atoms with van der Waals surface area (Å²) < 4.78 is 38.1. The molecular formula is C11H13FN2O2S2. The third-order valence-corrected chi connectivity index (χ3v) is 4.98. The van der Waals surface area contributed by atoms with E-state index >= 15 is 0 Å². The van der Waals surface area contributed by atoms with Crippen LogP contribution in [0.25, 0.3) is 0 Å². The summed E-state index contributed by atoms with van der Waals surface area (Å²) in [5, 5.41) is 0. The molecular weight excluding hydrogens is 275 g/mol. The van der Waals surface area contributed by atoms with Crippen molar-refractivity contribution in [3.63, 3.8) is 0 Å². The van der Waals surface area contributed by atoms with E-state index in [1.165, 1.54) is 16.4 Å². The number of nitrogens with zero attached hydrogens (tertiary/aromatic N) is 1. The van der Waals surface area contributed by atoms with Crippen molar-refractivity contribution in [3.8, 4) is 0 Å². The molecule has 2 N–H and O–H groups in total. The third kappa shape index (κ3) is 2.68. The fourth-order valence-electron chi connectivity index (χ4n) is 1.93. The summed E-state index contributed by atoms with van der Waals surface area (Å²) in [5.41, 5.74) is 6.24. The summed E-state index contributed by atoms with van der Waals surface area (Å²) in [4.78, 5) is -0.0290. The maximum Gasteiger partial charge on any atom is 0.214 e. The number of rotatable bonds is 3. The van der Waals surface area contributed by atoms with Crippen LogP contribution in [-0.2, 0) is 16.6 Å². The molecule has 0 amide bonds. The Labute approximate surface area is 111 Å². The van der Waals surface area contributed by atoms with Gasteiger partial charge < -0.3 is 5.73 Å². The first-order valence-electron chi connectivity index (χ1n) is 5.46. The van der Waals surface area contributed by atoms with Gasteiger partial charge in [-0.05, 0) is 24.1 Å². The first kappa shape index (κ1) is 13.4.